The standard InChI is InChI=1S/C12H18ClN3O/c1-3-9(7-14)6-12(17)16-10-4-5-11(13)15-8(10)2/h4-5,9H,3,6-7,14H2,1-2H3,(H,16,17). The van der Waals surface area contributed by atoms with Crippen LogP contribution < -0.4 is 11.1 Å². The average molecular weight is 256 g/mol. The third-order valence-corrected chi connectivity index (χ3v) is 2.92. The minimum Gasteiger partial charge on any atom is -0.330 e. The van der Waals surface area contributed by atoms with E-state index in [9.17, 15) is 4.79 Å². The van der Waals surface area contributed by atoms with Crippen molar-refractivity contribution in [3.63, 3.8) is 0 Å². The number of nitrogens with zero attached hydrogens (tertiary/aromatic N) is 1. The molecule has 0 aliphatic carbocycles. The first-order valence-electron chi connectivity index (χ1n) is 5.69. The highest BCUT2D eigenvalue weighted by molar-refractivity contribution is 6.29. The smallest absolute Gasteiger partial charge is 0.224 e. The molecule has 0 aliphatic heterocycles. The fourth-order valence-corrected chi connectivity index (χ4v) is 1.71. The van der Waals surface area contributed by atoms with Gasteiger partial charge in [-0.25, -0.2) is 4.98 Å². The van der Waals surface area contributed by atoms with Gasteiger partial charge in [-0.2, -0.15) is 0 Å². The molecule has 1 heterocycles. The van der Waals surface area contributed by atoms with Gasteiger partial charge in [-0.1, -0.05) is 24.9 Å². The number of nitrogens with two attached hydrogens (primary N) is 1. The fraction of sp³-hybridized carbons (Fsp3) is 0.500. The monoisotopic (exact) mass is 255 g/mol. The van der Waals surface area contributed by atoms with Crippen molar-refractivity contribution >= 4 is 23.2 Å². The van der Waals surface area contributed by atoms with Crippen LogP contribution in [0.3, 0.4) is 0 Å². The number of carbonyl (C=O) groups is 1. The van der Waals surface area contributed by atoms with E-state index in [4.69, 9.17) is 17.3 Å². The summed E-state index contributed by atoms with van der Waals surface area (Å²) in [5.41, 5.74) is 6.98. The van der Waals surface area contributed by atoms with Gasteiger partial charge in [-0.15, -0.1) is 0 Å². The zero-order valence-corrected chi connectivity index (χ0v) is 10.9. The van der Waals surface area contributed by atoms with Gasteiger partial charge in [0.1, 0.15) is 5.15 Å². The van der Waals surface area contributed by atoms with E-state index in [0.29, 0.717) is 29.5 Å². The van der Waals surface area contributed by atoms with Gasteiger partial charge >= 0.3 is 0 Å². The molecule has 0 aliphatic rings. The Morgan fingerprint density at radius 3 is 2.82 bits per heavy atom. The SMILES string of the molecule is CCC(CN)CC(=O)Nc1ccc(Cl)nc1C. The van der Waals surface area contributed by atoms with Gasteiger partial charge in [0, 0.05) is 6.42 Å². The Balaban J connectivity index is 2.62. The molecule has 0 spiro atoms. The normalized spacial score (nSPS) is 12.2. The zero-order valence-electron chi connectivity index (χ0n) is 10.2. The van der Waals surface area contributed by atoms with Gasteiger partial charge in [-0.05, 0) is 31.5 Å². The van der Waals surface area contributed by atoms with Gasteiger partial charge in [0.05, 0.1) is 11.4 Å². The van der Waals surface area contributed by atoms with E-state index in [1.54, 1.807) is 12.1 Å². The van der Waals surface area contributed by atoms with E-state index in [1.165, 1.54) is 0 Å². The van der Waals surface area contributed by atoms with Gasteiger partial charge in [0.15, 0.2) is 0 Å². The van der Waals surface area contributed by atoms with E-state index in [-0.39, 0.29) is 11.8 Å². The highest BCUT2D eigenvalue weighted by Gasteiger charge is 2.11. The lowest BCUT2D eigenvalue weighted by atomic mass is 10.0. The summed E-state index contributed by atoms with van der Waals surface area (Å²) in [5, 5.41) is 3.25. The number of pyridine rings is 1. The second kappa shape index (κ2) is 6.57. The van der Waals surface area contributed by atoms with Crippen LogP contribution in [0.1, 0.15) is 25.5 Å². The number of aromatic nitrogens is 1. The summed E-state index contributed by atoms with van der Waals surface area (Å²) in [6.45, 7) is 4.36. The first-order valence-corrected chi connectivity index (χ1v) is 6.07. The lowest BCUT2D eigenvalue weighted by molar-refractivity contribution is -0.117. The Morgan fingerprint density at radius 2 is 2.29 bits per heavy atom. The second-order valence-corrected chi connectivity index (χ2v) is 4.42. The van der Waals surface area contributed by atoms with Crippen molar-refractivity contribution in [2.45, 2.75) is 26.7 Å². The summed E-state index contributed by atoms with van der Waals surface area (Å²) in [5.74, 6) is 0.199. The van der Waals surface area contributed by atoms with Gasteiger partial charge in [-0.3, -0.25) is 4.79 Å². The quantitative estimate of drug-likeness (QED) is 0.794. The number of nitrogens with one attached hydrogen (secondary N) is 1. The van der Waals surface area contributed by atoms with Crippen molar-refractivity contribution < 1.29 is 4.79 Å². The summed E-state index contributed by atoms with van der Waals surface area (Å²) >= 11 is 5.74. The molecule has 1 atom stereocenters. The number of hydrogen-bond donors (Lipinski definition) is 2. The van der Waals surface area contributed by atoms with E-state index in [1.807, 2.05) is 13.8 Å². The molecular weight excluding hydrogens is 238 g/mol. The van der Waals surface area contributed by atoms with Crippen LogP contribution in [0.2, 0.25) is 5.15 Å². The van der Waals surface area contributed by atoms with Crippen LogP contribution in [0.15, 0.2) is 12.1 Å². The van der Waals surface area contributed by atoms with E-state index in [0.717, 1.165) is 6.42 Å². The molecule has 94 valence electrons. The number of anilines is 1. The molecule has 0 aromatic carbocycles. The van der Waals surface area contributed by atoms with Gasteiger partial charge < -0.3 is 11.1 Å². The molecule has 3 N–H and O–H groups in total. The molecule has 4 nitrogen and oxygen atoms in total. The zero-order chi connectivity index (χ0) is 12.8. The number of carbonyl (C=O) groups excluding carboxylic acids is 1. The first-order chi connectivity index (χ1) is 8.06. The lowest BCUT2D eigenvalue weighted by Gasteiger charge is -2.12. The summed E-state index contributed by atoms with van der Waals surface area (Å²) in [4.78, 5) is 15.8. The number of aryl methyl sites for hydroxylation is 1. The van der Waals surface area contributed by atoms with Crippen LogP contribution in [0.4, 0.5) is 5.69 Å². The minimum absolute atomic E-state index is 0.0328. The number of halogens is 1. The molecule has 0 bridgehead atoms. The second-order valence-electron chi connectivity index (χ2n) is 4.03. The Bertz CT molecular complexity index is 391. The summed E-state index contributed by atoms with van der Waals surface area (Å²) in [6, 6.07) is 3.41. The number of amides is 1. The van der Waals surface area contributed by atoms with Crippen LogP contribution in [0.25, 0.3) is 0 Å². The minimum atomic E-state index is -0.0328. The van der Waals surface area contributed by atoms with Gasteiger partial charge in [0.25, 0.3) is 0 Å². The van der Waals surface area contributed by atoms with E-state index < -0.39 is 0 Å². The first kappa shape index (κ1) is 13.9. The molecule has 1 unspecified atom stereocenters. The molecule has 5 heteroatoms. The molecule has 0 fully saturated rings. The van der Waals surface area contributed by atoms with Gasteiger partial charge in [0.2, 0.25) is 5.91 Å². The Hall–Kier alpha value is -1.13. The lowest BCUT2D eigenvalue weighted by Crippen LogP contribution is -2.22. The molecule has 1 aromatic heterocycles. The predicted molar refractivity (Wildman–Crippen MR) is 70.1 cm³/mol. The van der Waals surface area contributed by atoms with Crippen molar-refractivity contribution in [1.82, 2.24) is 4.98 Å². The van der Waals surface area contributed by atoms with Crippen LogP contribution in [0.5, 0.6) is 0 Å². The molecule has 1 rings (SSSR count). The highest BCUT2D eigenvalue weighted by Crippen LogP contribution is 2.16. The Kier molecular flexibility index (Phi) is 5.38. The number of hydrogen-bond acceptors (Lipinski definition) is 3. The summed E-state index contributed by atoms with van der Waals surface area (Å²) < 4.78 is 0. The average Bonchev–Trinajstić information content (AvgIpc) is 2.29. The largest absolute Gasteiger partial charge is 0.330 e. The van der Waals surface area contributed by atoms with Crippen molar-refractivity contribution in [3.8, 4) is 0 Å². The summed E-state index contributed by atoms with van der Waals surface area (Å²) in [7, 11) is 0. The Morgan fingerprint density at radius 1 is 1.59 bits per heavy atom. The maximum absolute atomic E-state index is 11.8. The maximum atomic E-state index is 11.8. The molecule has 17 heavy (non-hydrogen) atoms. The van der Waals surface area contributed by atoms with Crippen LogP contribution in [-0.4, -0.2) is 17.4 Å². The molecule has 0 saturated heterocycles. The highest BCUT2D eigenvalue weighted by atomic mass is 35.5. The third kappa shape index (κ3) is 4.32. The molecular formula is C12H18ClN3O. The van der Waals surface area contributed by atoms with Crippen LogP contribution in [-0.2, 0) is 4.79 Å². The van der Waals surface area contributed by atoms with Crippen molar-refractivity contribution in [2.24, 2.45) is 11.7 Å². The number of rotatable bonds is 5. The Labute approximate surface area is 107 Å². The van der Waals surface area contributed by atoms with Crippen molar-refractivity contribution in [3.05, 3.63) is 23.0 Å². The van der Waals surface area contributed by atoms with Crippen LogP contribution >= 0.6 is 11.6 Å². The van der Waals surface area contributed by atoms with Crippen molar-refractivity contribution in [1.29, 1.82) is 0 Å². The predicted octanol–water partition coefficient (Wildman–Crippen LogP) is 2.36. The molecule has 0 saturated carbocycles. The third-order valence-electron chi connectivity index (χ3n) is 2.71. The topological polar surface area (TPSA) is 68.0 Å². The molecule has 1 aromatic rings. The van der Waals surface area contributed by atoms with Crippen LogP contribution in [0, 0.1) is 12.8 Å². The van der Waals surface area contributed by atoms with Crippen molar-refractivity contribution in [2.75, 3.05) is 11.9 Å². The molecule has 0 radical (unpaired) electrons. The fourth-order valence-electron chi connectivity index (χ4n) is 1.52. The maximum Gasteiger partial charge on any atom is 0.224 e. The van der Waals surface area contributed by atoms with E-state index >= 15 is 0 Å². The summed E-state index contributed by atoms with van der Waals surface area (Å²) in [6.07, 6.45) is 1.34. The molecule has 1 amide bonds. The van der Waals surface area contributed by atoms with E-state index in [2.05, 4.69) is 10.3 Å².